The van der Waals surface area contributed by atoms with E-state index in [-0.39, 0.29) is 15.8 Å². The van der Waals surface area contributed by atoms with Crippen molar-refractivity contribution in [2.75, 3.05) is 12.8 Å². The lowest BCUT2D eigenvalue weighted by molar-refractivity contribution is 0.384. The van der Waals surface area contributed by atoms with Crippen LogP contribution in [-0.2, 0) is 7.05 Å². The van der Waals surface area contributed by atoms with Crippen LogP contribution in [0.25, 0.3) is 11.3 Å². The monoisotopic (exact) mass is 317 g/mol. The van der Waals surface area contributed by atoms with Crippen LogP contribution in [0, 0.1) is 11.6 Å². The molecule has 0 amide bonds. The molecule has 7 heteroatoms. The molecule has 18 heavy (non-hydrogen) atoms. The maximum Gasteiger partial charge on any atom is 0.182 e. The van der Waals surface area contributed by atoms with Crippen molar-refractivity contribution in [3.63, 3.8) is 0 Å². The fourth-order valence-electron chi connectivity index (χ4n) is 1.58. The summed E-state index contributed by atoms with van der Waals surface area (Å²) >= 11 is 2.82. The van der Waals surface area contributed by atoms with Crippen LogP contribution >= 0.6 is 15.9 Å². The van der Waals surface area contributed by atoms with Crippen molar-refractivity contribution in [3.8, 4) is 17.0 Å². The van der Waals surface area contributed by atoms with Crippen LogP contribution in [0.4, 0.5) is 14.6 Å². The Kier molecular flexibility index (Phi) is 3.25. The van der Waals surface area contributed by atoms with Crippen LogP contribution in [0.2, 0.25) is 0 Å². The van der Waals surface area contributed by atoms with E-state index in [2.05, 4.69) is 21.0 Å². The first-order valence-electron chi connectivity index (χ1n) is 4.97. The Morgan fingerprint density at radius 3 is 2.56 bits per heavy atom. The number of halogens is 3. The second-order valence-electron chi connectivity index (χ2n) is 3.65. The minimum Gasteiger partial charge on any atom is -0.493 e. The smallest absolute Gasteiger partial charge is 0.182 e. The van der Waals surface area contributed by atoms with Crippen LogP contribution in [0.1, 0.15) is 0 Å². The number of rotatable bonds is 2. The van der Waals surface area contributed by atoms with Crippen LogP contribution in [0.5, 0.6) is 5.75 Å². The lowest BCUT2D eigenvalue weighted by Crippen LogP contribution is -1.98. The standard InChI is InChI=1S/C11H10BrF2N3O/c1-17-8(15)4-7(16-17)5-3-6(13)9(12)10(14)11(5)18-2/h3-4H,15H2,1-2H3. The third-order valence-corrected chi connectivity index (χ3v) is 3.24. The quantitative estimate of drug-likeness (QED) is 0.866. The summed E-state index contributed by atoms with van der Waals surface area (Å²) in [7, 11) is 2.94. The number of methoxy groups -OCH3 is 1. The topological polar surface area (TPSA) is 53.1 Å². The Morgan fingerprint density at radius 1 is 1.39 bits per heavy atom. The average molecular weight is 318 g/mol. The van der Waals surface area contributed by atoms with E-state index >= 15 is 0 Å². The number of ether oxygens (including phenoxy) is 1. The number of nitrogens with two attached hydrogens (primary N) is 1. The van der Waals surface area contributed by atoms with E-state index in [9.17, 15) is 8.78 Å². The molecule has 1 aromatic carbocycles. The maximum atomic E-state index is 13.8. The summed E-state index contributed by atoms with van der Waals surface area (Å²) < 4.78 is 33.5. The van der Waals surface area contributed by atoms with Crippen molar-refractivity contribution >= 4 is 21.7 Å². The Hall–Kier alpha value is -1.63. The molecule has 96 valence electrons. The molecule has 4 nitrogen and oxygen atoms in total. The second kappa shape index (κ2) is 4.56. The summed E-state index contributed by atoms with van der Waals surface area (Å²) in [5.41, 5.74) is 6.19. The predicted octanol–water partition coefficient (Wildman–Crippen LogP) is 2.72. The number of hydrogen-bond donors (Lipinski definition) is 1. The van der Waals surface area contributed by atoms with Gasteiger partial charge >= 0.3 is 0 Å². The summed E-state index contributed by atoms with van der Waals surface area (Å²) in [5.74, 6) is -1.23. The third-order valence-electron chi connectivity index (χ3n) is 2.51. The zero-order valence-corrected chi connectivity index (χ0v) is 11.3. The normalized spacial score (nSPS) is 10.7. The molecule has 2 aromatic rings. The molecule has 1 aromatic heterocycles. The first kappa shape index (κ1) is 12.8. The van der Waals surface area contributed by atoms with Gasteiger partial charge in [0.15, 0.2) is 11.6 Å². The van der Waals surface area contributed by atoms with Gasteiger partial charge in [0.05, 0.1) is 22.8 Å². The van der Waals surface area contributed by atoms with E-state index in [1.807, 2.05) is 0 Å². The fraction of sp³-hybridized carbons (Fsp3) is 0.182. The SMILES string of the molecule is COc1c(-c2cc(N)n(C)n2)cc(F)c(Br)c1F. The van der Waals surface area contributed by atoms with Gasteiger partial charge in [0.2, 0.25) is 0 Å². The minimum absolute atomic E-state index is 0.0821. The molecular formula is C11H10BrF2N3O. The van der Waals surface area contributed by atoms with Gasteiger partial charge in [0, 0.05) is 13.1 Å². The lowest BCUT2D eigenvalue weighted by Gasteiger charge is -2.09. The summed E-state index contributed by atoms with van der Waals surface area (Å²) in [5, 5.41) is 4.06. The molecule has 0 aliphatic carbocycles. The maximum absolute atomic E-state index is 13.8. The zero-order chi connectivity index (χ0) is 13.4. The van der Waals surface area contributed by atoms with Crippen LogP contribution in [0.3, 0.4) is 0 Å². The van der Waals surface area contributed by atoms with Crippen LogP contribution < -0.4 is 10.5 Å². The van der Waals surface area contributed by atoms with E-state index in [0.717, 1.165) is 6.07 Å². The number of nitrogens with zero attached hydrogens (tertiary/aromatic N) is 2. The molecule has 1 heterocycles. The highest BCUT2D eigenvalue weighted by Crippen LogP contribution is 2.37. The summed E-state index contributed by atoms with van der Waals surface area (Å²) in [6.07, 6.45) is 0. The Morgan fingerprint density at radius 2 is 2.06 bits per heavy atom. The number of aryl methyl sites for hydroxylation is 1. The molecule has 2 N–H and O–H groups in total. The molecule has 0 unspecified atom stereocenters. The summed E-state index contributed by atoms with van der Waals surface area (Å²) in [6, 6.07) is 2.67. The highest BCUT2D eigenvalue weighted by Gasteiger charge is 2.20. The highest BCUT2D eigenvalue weighted by atomic mass is 79.9. The lowest BCUT2D eigenvalue weighted by atomic mass is 10.1. The zero-order valence-electron chi connectivity index (χ0n) is 9.67. The van der Waals surface area contributed by atoms with Gasteiger partial charge in [-0.25, -0.2) is 8.78 Å². The Labute approximate surface area is 110 Å². The minimum atomic E-state index is -0.809. The van der Waals surface area contributed by atoms with Gasteiger partial charge in [-0.2, -0.15) is 5.10 Å². The van der Waals surface area contributed by atoms with Gasteiger partial charge in [0.25, 0.3) is 0 Å². The number of aromatic nitrogens is 2. The van der Waals surface area contributed by atoms with Crippen molar-refractivity contribution < 1.29 is 13.5 Å². The van der Waals surface area contributed by atoms with E-state index in [1.54, 1.807) is 7.05 Å². The molecule has 0 aliphatic heterocycles. The molecule has 0 aliphatic rings. The van der Waals surface area contributed by atoms with Crippen molar-refractivity contribution in [2.24, 2.45) is 7.05 Å². The van der Waals surface area contributed by atoms with Crippen LogP contribution in [-0.4, -0.2) is 16.9 Å². The van der Waals surface area contributed by atoms with Gasteiger partial charge in [0.1, 0.15) is 11.6 Å². The van der Waals surface area contributed by atoms with Crippen LogP contribution in [0.15, 0.2) is 16.6 Å². The van der Waals surface area contributed by atoms with Gasteiger partial charge in [-0.15, -0.1) is 0 Å². The molecule has 2 rings (SSSR count). The third kappa shape index (κ3) is 1.94. The Balaban J connectivity index is 2.70. The van der Waals surface area contributed by atoms with Gasteiger partial charge in [-0.1, -0.05) is 0 Å². The molecular weight excluding hydrogens is 308 g/mol. The average Bonchev–Trinajstić information content (AvgIpc) is 2.66. The first-order valence-corrected chi connectivity index (χ1v) is 5.76. The van der Waals surface area contributed by atoms with E-state index in [1.165, 1.54) is 17.9 Å². The molecule has 0 saturated heterocycles. The predicted molar refractivity (Wildman–Crippen MR) is 67.2 cm³/mol. The number of anilines is 1. The molecule has 0 radical (unpaired) electrons. The van der Waals surface area contributed by atoms with Gasteiger partial charge < -0.3 is 10.5 Å². The highest BCUT2D eigenvalue weighted by molar-refractivity contribution is 9.10. The van der Waals surface area contributed by atoms with Crippen molar-refractivity contribution in [1.29, 1.82) is 0 Å². The van der Waals surface area contributed by atoms with E-state index in [0.29, 0.717) is 11.5 Å². The fourth-order valence-corrected chi connectivity index (χ4v) is 1.88. The van der Waals surface area contributed by atoms with Gasteiger partial charge in [-0.05, 0) is 22.0 Å². The second-order valence-corrected chi connectivity index (χ2v) is 4.44. The summed E-state index contributed by atoms with van der Waals surface area (Å²) in [6.45, 7) is 0. The molecule has 0 bridgehead atoms. The number of nitrogen functional groups attached to an aromatic ring is 1. The van der Waals surface area contributed by atoms with E-state index in [4.69, 9.17) is 10.5 Å². The van der Waals surface area contributed by atoms with Crippen molar-refractivity contribution in [2.45, 2.75) is 0 Å². The van der Waals surface area contributed by atoms with Gasteiger partial charge in [-0.3, -0.25) is 4.68 Å². The molecule has 0 atom stereocenters. The van der Waals surface area contributed by atoms with Crippen molar-refractivity contribution in [1.82, 2.24) is 9.78 Å². The molecule has 0 fully saturated rings. The number of hydrogen-bond acceptors (Lipinski definition) is 3. The Bertz CT molecular complexity index is 593. The van der Waals surface area contributed by atoms with E-state index < -0.39 is 11.6 Å². The largest absolute Gasteiger partial charge is 0.493 e. The first-order chi connectivity index (χ1) is 8.45. The number of benzene rings is 1. The molecule has 0 spiro atoms. The molecule has 0 saturated carbocycles. The summed E-state index contributed by atoms with van der Waals surface area (Å²) in [4.78, 5) is 0. The van der Waals surface area contributed by atoms with Crippen molar-refractivity contribution in [3.05, 3.63) is 28.2 Å².